The lowest BCUT2D eigenvalue weighted by molar-refractivity contribution is -0.142. The molecule has 0 aliphatic heterocycles. The summed E-state index contributed by atoms with van der Waals surface area (Å²) < 4.78 is 5.58. The monoisotopic (exact) mass is 479 g/mol. The van der Waals surface area contributed by atoms with E-state index in [0.717, 1.165) is 35.1 Å². The Morgan fingerprint density at radius 2 is 1.63 bits per heavy atom. The molecule has 2 amide bonds. The van der Waals surface area contributed by atoms with Crippen molar-refractivity contribution in [3.8, 4) is 11.1 Å². The molecule has 0 aromatic heterocycles. The topological polar surface area (TPSA) is 108 Å². The molecule has 0 radical (unpaired) electrons. The zero-order chi connectivity index (χ0) is 24.9. The average Bonchev–Trinajstić information content (AvgIpc) is 3.60. The van der Waals surface area contributed by atoms with Gasteiger partial charge in [0.05, 0.1) is 5.92 Å². The Kier molecular flexibility index (Phi) is 7.70. The van der Waals surface area contributed by atoms with Gasteiger partial charge in [0.25, 0.3) is 0 Å². The fraction of sp³-hybridized carbons (Fsp3) is 0.444. The first-order valence-electron chi connectivity index (χ1n) is 12.1. The van der Waals surface area contributed by atoms with Crippen LogP contribution in [0, 0.1) is 11.8 Å². The number of alkyl carbamates (subject to hydrolysis) is 1. The van der Waals surface area contributed by atoms with Crippen LogP contribution in [0.25, 0.3) is 11.1 Å². The summed E-state index contributed by atoms with van der Waals surface area (Å²) in [5.74, 6) is -1.60. The van der Waals surface area contributed by atoms with E-state index in [1.54, 1.807) is 19.0 Å². The van der Waals surface area contributed by atoms with Crippen LogP contribution in [0.15, 0.2) is 48.5 Å². The van der Waals surface area contributed by atoms with Gasteiger partial charge in [-0.1, -0.05) is 61.4 Å². The Balaban J connectivity index is 1.35. The van der Waals surface area contributed by atoms with Gasteiger partial charge in [0.2, 0.25) is 5.91 Å². The van der Waals surface area contributed by atoms with Crippen LogP contribution in [0.3, 0.4) is 0 Å². The molecule has 1 unspecified atom stereocenters. The van der Waals surface area contributed by atoms with Crippen molar-refractivity contribution >= 4 is 18.0 Å². The molecule has 4 rings (SSSR count). The Morgan fingerprint density at radius 1 is 1.03 bits per heavy atom. The van der Waals surface area contributed by atoms with Gasteiger partial charge in [0.15, 0.2) is 0 Å². The Labute approximate surface area is 205 Å². The van der Waals surface area contributed by atoms with Crippen LogP contribution in [0.5, 0.6) is 0 Å². The molecule has 0 bridgehead atoms. The van der Waals surface area contributed by atoms with Crippen molar-refractivity contribution in [3.05, 3.63) is 59.7 Å². The normalized spacial score (nSPS) is 16.2. The van der Waals surface area contributed by atoms with Crippen molar-refractivity contribution in [1.29, 1.82) is 0 Å². The number of rotatable bonds is 11. The third-order valence-electron chi connectivity index (χ3n) is 6.69. The fourth-order valence-corrected chi connectivity index (χ4v) is 4.72. The minimum Gasteiger partial charge on any atom is -0.481 e. The number of likely N-dealkylation sites (N-methyl/N-ethyl adjacent to an activating group) is 1. The second kappa shape index (κ2) is 10.9. The lowest BCUT2D eigenvalue weighted by Gasteiger charge is -2.23. The quantitative estimate of drug-likeness (QED) is 0.457. The highest BCUT2D eigenvalue weighted by molar-refractivity contribution is 5.86. The van der Waals surface area contributed by atoms with Crippen LogP contribution < -0.4 is 10.6 Å². The summed E-state index contributed by atoms with van der Waals surface area (Å²) in [5.41, 5.74) is 4.50. The molecular weight excluding hydrogens is 446 g/mol. The van der Waals surface area contributed by atoms with Crippen molar-refractivity contribution in [2.24, 2.45) is 11.8 Å². The summed E-state index contributed by atoms with van der Waals surface area (Å²) in [6.07, 6.45) is 1.98. The maximum atomic E-state index is 12.8. The molecule has 2 aromatic rings. The van der Waals surface area contributed by atoms with Gasteiger partial charge in [-0.05, 0) is 48.7 Å². The predicted molar refractivity (Wildman–Crippen MR) is 132 cm³/mol. The number of carbonyl (C=O) groups is 3. The number of hydrogen-bond donors (Lipinski definition) is 3. The number of nitrogens with one attached hydrogen (secondary N) is 2. The highest BCUT2D eigenvalue weighted by Crippen LogP contribution is 2.44. The van der Waals surface area contributed by atoms with Crippen molar-refractivity contribution in [2.75, 3.05) is 33.8 Å². The molecule has 3 N–H and O–H groups in total. The molecular formula is C27H33N3O5. The number of carboxylic acids is 1. The van der Waals surface area contributed by atoms with Gasteiger partial charge in [-0.2, -0.15) is 0 Å². The van der Waals surface area contributed by atoms with Gasteiger partial charge in [-0.25, -0.2) is 4.79 Å². The van der Waals surface area contributed by atoms with E-state index in [-0.39, 0.29) is 25.6 Å². The molecule has 186 valence electrons. The predicted octanol–water partition coefficient (Wildman–Crippen LogP) is 3.07. The molecule has 0 spiro atoms. The number of carbonyl (C=O) groups excluding carboxylic acids is 2. The van der Waals surface area contributed by atoms with E-state index in [9.17, 15) is 19.5 Å². The molecule has 2 atom stereocenters. The first kappa shape index (κ1) is 24.7. The molecule has 2 aliphatic carbocycles. The minimum absolute atomic E-state index is 0.0426. The van der Waals surface area contributed by atoms with E-state index >= 15 is 0 Å². The molecule has 0 saturated heterocycles. The molecule has 8 nitrogen and oxygen atoms in total. The van der Waals surface area contributed by atoms with Crippen LogP contribution in [-0.4, -0.2) is 67.8 Å². The number of amides is 2. The fourth-order valence-electron chi connectivity index (χ4n) is 4.72. The lowest BCUT2D eigenvalue weighted by atomic mass is 9.98. The summed E-state index contributed by atoms with van der Waals surface area (Å²) in [5, 5.41) is 14.8. The third kappa shape index (κ3) is 6.19. The van der Waals surface area contributed by atoms with Crippen molar-refractivity contribution in [3.63, 3.8) is 0 Å². The average molecular weight is 480 g/mol. The first-order valence-corrected chi connectivity index (χ1v) is 12.1. The highest BCUT2D eigenvalue weighted by Gasteiger charge is 2.32. The molecule has 1 saturated carbocycles. The van der Waals surface area contributed by atoms with Crippen LogP contribution in [0.2, 0.25) is 0 Å². The number of carboxylic acid groups (broad SMARTS) is 1. The standard InChI is InChI=1S/C27H33N3O5/c1-30(2)15-24(25(31)28-14-18(26(32)33)13-17-11-12-17)29-27(34)35-16-23-21-9-5-3-7-19(21)20-8-4-6-10-22(20)23/h3-10,17-18,23-24H,11-16H2,1-2H3,(H,28,31)(H,29,34)(H,32,33)/t18?,24-/m0/s1. The van der Waals surface area contributed by atoms with E-state index in [1.165, 1.54) is 0 Å². The van der Waals surface area contributed by atoms with Gasteiger partial charge in [0.1, 0.15) is 12.6 Å². The zero-order valence-corrected chi connectivity index (χ0v) is 20.2. The lowest BCUT2D eigenvalue weighted by Crippen LogP contribution is -2.52. The summed E-state index contributed by atoms with van der Waals surface area (Å²) in [6.45, 7) is 0.454. The summed E-state index contributed by atoms with van der Waals surface area (Å²) in [7, 11) is 3.60. The summed E-state index contributed by atoms with van der Waals surface area (Å²) >= 11 is 0. The van der Waals surface area contributed by atoms with Crippen LogP contribution in [0.1, 0.15) is 36.3 Å². The van der Waals surface area contributed by atoms with Crippen molar-refractivity contribution in [2.45, 2.75) is 31.2 Å². The molecule has 8 heteroatoms. The van der Waals surface area contributed by atoms with E-state index in [4.69, 9.17) is 4.74 Å². The number of hydrogen-bond acceptors (Lipinski definition) is 5. The van der Waals surface area contributed by atoms with E-state index in [2.05, 4.69) is 22.8 Å². The highest BCUT2D eigenvalue weighted by atomic mass is 16.5. The number of aliphatic carboxylic acids is 1. The minimum atomic E-state index is -0.911. The molecule has 2 aromatic carbocycles. The molecule has 0 heterocycles. The maximum Gasteiger partial charge on any atom is 0.407 e. The van der Waals surface area contributed by atoms with Gasteiger partial charge in [-0.3, -0.25) is 9.59 Å². The number of ether oxygens (including phenoxy) is 1. The molecule has 1 fully saturated rings. The smallest absolute Gasteiger partial charge is 0.407 e. The number of nitrogens with zero attached hydrogens (tertiary/aromatic N) is 1. The van der Waals surface area contributed by atoms with Crippen LogP contribution >= 0.6 is 0 Å². The van der Waals surface area contributed by atoms with Gasteiger partial charge in [-0.15, -0.1) is 0 Å². The first-order chi connectivity index (χ1) is 16.8. The SMILES string of the molecule is CN(C)C[C@H](NC(=O)OCC1c2ccccc2-c2ccccc21)C(=O)NCC(CC1CC1)C(=O)O. The number of benzene rings is 2. The van der Waals surface area contributed by atoms with Crippen LogP contribution in [0.4, 0.5) is 4.79 Å². The van der Waals surface area contributed by atoms with E-state index < -0.39 is 29.9 Å². The summed E-state index contributed by atoms with van der Waals surface area (Å²) in [4.78, 5) is 38.8. The Morgan fingerprint density at radius 3 is 2.17 bits per heavy atom. The van der Waals surface area contributed by atoms with Crippen molar-refractivity contribution < 1.29 is 24.2 Å². The largest absolute Gasteiger partial charge is 0.481 e. The maximum absolute atomic E-state index is 12.8. The van der Waals surface area contributed by atoms with Gasteiger partial charge in [0, 0.05) is 19.0 Å². The Bertz CT molecular complexity index is 1040. The van der Waals surface area contributed by atoms with Gasteiger partial charge < -0.3 is 25.4 Å². The second-order valence-corrected chi connectivity index (χ2v) is 9.74. The second-order valence-electron chi connectivity index (χ2n) is 9.74. The third-order valence-corrected chi connectivity index (χ3v) is 6.69. The Hall–Kier alpha value is -3.39. The molecule has 2 aliphatic rings. The summed E-state index contributed by atoms with van der Waals surface area (Å²) in [6, 6.07) is 15.3. The molecule has 35 heavy (non-hydrogen) atoms. The van der Waals surface area contributed by atoms with E-state index in [1.807, 2.05) is 36.4 Å². The van der Waals surface area contributed by atoms with Crippen LogP contribution in [-0.2, 0) is 14.3 Å². The van der Waals surface area contributed by atoms with E-state index in [0.29, 0.717) is 12.3 Å². The van der Waals surface area contributed by atoms with Crippen molar-refractivity contribution in [1.82, 2.24) is 15.5 Å². The number of fused-ring (bicyclic) bond motifs is 3. The zero-order valence-electron chi connectivity index (χ0n) is 20.2. The van der Waals surface area contributed by atoms with Gasteiger partial charge >= 0.3 is 12.1 Å².